The molecule has 1 aliphatic rings. The Kier molecular flexibility index (Phi) is 5.62. The van der Waals surface area contributed by atoms with E-state index in [1.165, 1.54) is 0 Å². The van der Waals surface area contributed by atoms with Crippen molar-refractivity contribution in [3.8, 4) is 0 Å². The number of hydrogen-bond acceptors (Lipinski definition) is 3. The highest BCUT2D eigenvalue weighted by Gasteiger charge is 2.23. The lowest BCUT2D eigenvalue weighted by Crippen LogP contribution is -2.31. The Bertz CT molecular complexity index is 454. The molecular weight excluding hydrogens is 264 g/mol. The molecule has 1 saturated heterocycles. The summed E-state index contributed by atoms with van der Waals surface area (Å²) in [5, 5.41) is 3.50. The molecule has 1 heterocycles. The van der Waals surface area contributed by atoms with E-state index < -0.39 is 0 Å². The van der Waals surface area contributed by atoms with Gasteiger partial charge in [0, 0.05) is 25.4 Å². The van der Waals surface area contributed by atoms with Crippen LogP contribution < -0.4 is 5.32 Å². The zero-order valence-corrected chi connectivity index (χ0v) is 13.3. The fraction of sp³-hybridized carbons (Fsp3) is 0.588. The molecule has 2 rings (SSSR count). The SMILES string of the molecule is CCN(CC)C(=O)Cc1ccc(NC2CCOC2C)cc1. The fourth-order valence-electron chi connectivity index (χ4n) is 2.72. The van der Waals surface area contributed by atoms with Gasteiger partial charge in [-0.3, -0.25) is 4.79 Å². The van der Waals surface area contributed by atoms with E-state index in [0.717, 1.165) is 37.4 Å². The summed E-state index contributed by atoms with van der Waals surface area (Å²) in [6, 6.07) is 8.55. The molecule has 1 N–H and O–H groups in total. The second-order valence-electron chi connectivity index (χ2n) is 5.56. The summed E-state index contributed by atoms with van der Waals surface area (Å²) in [7, 11) is 0. The molecule has 4 heteroatoms. The number of likely N-dealkylation sites (N-methyl/N-ethyl adjacent to an activating group) is 1. The van der Waals surface area contributed by atoms with Gasteiger partial charge in [-0.15, -0.1) is 0 Å². The molecule has 0 aromatic heterocycles. The zero-order chi connectivity index (χ0) is 15.2. The van der Waals surface area contributed by atoms with E-state index >= 15 is 0 Å². The van der Waals surface area contributed by atoms with Crippen molar-refractivity contribution in [1.82, 2.24) is 4.90 Å². The quantitative estimate of drug-likeness (QED) is 0.876. The third kappa shape index (κ3) is 4.21. The number of nitrogens with one attached hydrogen (secondary N) is 1. The Morgan fingerprint density at radius 2 is 1.95 bits per heavy atom. The monoisotopic (exact) mass is 290 g/mol. The molecule has 1 amide bonds. The van der Waals surface area contributed by atoms with Gasteiger partial charge in [-0.2, -0.15) is 0 Å². The van der Waals surface area contributed by atoms with Crippen LogP contribution in [-0.2, 0) is 16.0 Å². The van der Waals surface area contributed by atoms with Gasteiger partial charge in [0.15, 0.2) is 0 Å². The van der Waals surface area contributed by atoms with Crippen LogP contribution in [0, 0.1) is 0 Å². The highest BCUT2D eigenvalue weighted by atomic mass is 16.5. The van der Waals surface area contributed by atoms with E-state index in [4.69, 9.17) is 4.74 Å². The van der Waals surface area contributed by atoms with Crippen molar-refractivity contribution in [2.45, 2.75) is 45.8 Å². The van der Waals surface area contributed by atoms with Crippen LogP contribution in [-0.4, -0.2) is 42.6 Å². The summed E-state index contributed by atoms with van der Waals surface area (Å²) in [4.78, 5) is 13.9. The molecule has 1 aliphatic heterocycles. The minimum absolute atomic E-state index is 0.193. The van der Waals surface area contributed by atoms with Gasteiger partial charge >= 0.3 is 0 Å². The number of rotatable bonds is 6. The molecule has 2 unspecified atom stereocenters. The number of hydrogen-bond donors (Lipinski definition) is 1. The van der Waals surface area contributed by atoms with E-state index in [9.17, 15) is 4.79 Å². The van der Waals surface area contributed by atoms with Crippen molar-refractivity contribution in [1.29, 1.82) is 0 Å². The van der Waals surface area contributed by atoms with Gasteiger partial charge in [-0.05, 0) is 44.9 Å². The first-order chi connectivity index (χ1) is 10.1. The summed E-state index contributed by atoms with van der Waals surface area (Å²) in [6.45, 7) is 8.50. The average Bonchev–Trinajstić information content (AvgIpc) is 2.88. The van der Waals surface area contributed by atoms with Crippen LogP contribution in [0.5, 0.6) is 0 Å². The molecule has 0 spiro atoms. The van der Waals surface area contributed by atoms with E-state index in [-0.39, 0.29) is 12.0 Å². The maximum atomic E-state index is 12.1. The molecular formula is C17H26N2O2. The lowest BCUT2D eigenvalue weighted by atomic mass is 10.1. The fourth-order valence-corrected chi connectivity index (χ4v) is 2.72. The summed E-state index contributed by atoms with van der Waals surface area (Å²) in [5.74, 6) is 0.193. The minimum Gasteiger partial charge on any atom is -0.380 e. The minimum atomic E-state index is 0.193. The Morgan fingerprint density at radius 1 is 1.29 bits per heavy atom. The van der Waals surface area contributed by atoms with Crippen LogP contribution in [0.2, 0.25) is 0 Å². The van der Waals surface area contributed by atoms with Crippen LogP contribution in [0.3, 0.4) is 0 Å². The van der Waals surface area contributed by atoms with E-state index in [1.54, 1.807) is 0 Å². The molecule has 21 heavy (non-hydrogen) atoms. The summed E-state index contributed by atoms with van der Waals surface area (Å²) in [6.07, 6.45) is 1.78. The van der Waals surface area contributed by atoms with Gasteiger partial charge in [0.1, 0.15) is 0 Å². The van der Waals surface area contributed by atoms with Gasteiger partial charge in [0.2, 0.25) is 5.91 Å². The van der Waals surface area contributed by atoms with E-state index in [2.05, 4.69) is 24.4 Å². The molecule has 0 aliphatic carbocycles. The van der Waals surface area contributed by atoms with E-state index in [0.29, 0.717) is 12.5 Å². The van der Waals surface area contributed by atoms with Gasteiger partial charge in [-0.25, -0.2) is 0 Å². The van der Waals surface area contributed by atoms with Gasteiger partial charge < -0.3 is 15.0 Å². The molecule has 0 bridgehead atoms. The summed E-state index contributed by atoms with van der Waals surface area (Å²) < 4.78 is 5.55. The summed E-state index contributed by atoms with van der Waals surface area (Å²) >= 11 is 0. The van der Waals surface area contributed by atoms with Crippen molar-refractivity contribution in [3.63, 3.8) is 0 Å². The molecule has 1 aromatic carbocycles. The first-order valence-electron chi connectivity index (χ1n) is 7.88. The summed E-state index contributed by atoms with van der Waals surface area (Å²) in [5.41, 5.74) is 2.16. The number of carbonyl (C=O) groups excluding carboxylic acids is 1. The molecule has 4 nitrogen and oxygen atoms in total. The zero-order valence-electron chi connectivity index (χ0n) is 13.3. The third-order valence-electron chi connectivity index (χ3n) is 4.15. The highest BCUT2D eigenvalue weighted by molar-refractivity contribution is 5.78. The molecule has 0 saturated carbocycles. The molecule has 116 valence electrons. The lowest BCUT2D eigenvalue weighted by Gasteiger charge is -2.19. The Labute approximate surface area is 127 Å². The molecule has 1 fully saturated rings. The standard InChI is InChI=1S/C17H26N2O2/c1-4-19(5-2)17(20)12-14-6-8-15(9-7-14)18-16-10-11-21-13(16)3/h6-9,13,16,18H,4-5,10-12H2,1-3H3. The number of nitrogens with zero attached hydrogens (tertiary/aromatic N) is 1. The van der Waals surface area contributed by atoms with Crippen LogP contribution in [0.25, 0.3) is 0 Å². The number of benzene rings is 1. The molecule has 1 aromatic rings. The first-order valence-corrected chi connectivity index (χ1v) is 7.88. The molecule has 2 atom stereocenters. The van der Waals surface area contributed by atoms with Crippen LogP contribution in [0.15, 0.2) is 24.3 Å². The smallest absolute Gasteiger partial charge is 0.226 e. The molecule has 0 radical (unpaired) electrons. The van der Waals surface area contributed by atoms with Gasteiger partial charge in [0.05, 0.1) is 18.6 Å². The lowest BCUT2D eigenvalue weighted by molar-refractivity contribution is -0.130. The Morgan fingerprint density at radius 3 is 2.48 bits per heavy atom. The topological polar surface area (TPSA) is 41.6 Å². The van der Waals surface area contributed by atoms with Crippen molar-refractivity contribution >= 4 is 11.6 Å². The predicted molar refractivity (Wildman–Crippen MR) is 85.5 cm³/mol. The number of carbonyl (C=O) groups is 1. The normalized spacial score (nSPS) is 21.3. The van der Waals surface area contributed by atoms with Crippen molar-refractivity contribution in [2.24, 2.45) is 0 Å². The second kappa shape index (κ2) is 7.46. The number of ether oxygens (including phenoxy) is 1. The van der Waals surface area contributed by atoms with Gasteiger partial charge in [0.25, 0.3) is 0 Å². The Hall–Kier alpha value is -1.55. The number of amides is 1. The van der Waals surface area contributed by atoms with Crippen LogP contribution in [0.4, 0.5) is 5.69 Å². The first kappa shape index (κ1) is 15.8. The van der Waals surface area contributed by atoms with Crippen molar-refractivity contribution in [2.75, 3.05) is 25.0 Å². The maximum absolute atomic E-state index is 12.1. The largest absolute Gasteiger partial charge is 0.380 e. The Balaban J connectivity index is 1.91. The van der Waals surface area contributed by atoms with Crippen LogP contribution in [0.1, 0.15) is 32.8 Å². The van der Waals surface area contributed by atoms with Crippen LogP contribution >= 0.6 is 0 Å². The highest BCUT2D eigenvalue weighted by Crippen LogP contribution is 2.19. The van der Waals surface area contributed by atoms with Crippen molar-refractivity contribution < 1.29 is 9.53 Å². The number of anilines is 1. The average molecular weight is 290 g/mol. The third-order valence-corrected chi connectivity index (χ3v) is 4.15. The predicted octanol–water partition coefficient (Wildman–Crippen LogP) is 2.69. The second-order valence-corrected chi connectivity index (χ2v) is 5.56. The van der Waals surface area contributed by atoms with Gasteiger partial charge in [-0.1, -0.05) is 12.1 Å². The van der Waals surface area contributed by atoms with Crippen molar-refractivity contribution in [3.05, 3.63) is 29.8 Å². The maximum Gasteiger partial charge on any atom is 0.226 e. The van der Waals surface area contributed by atoms with E-state index in [1.807, 2.05) is 30.9 Å².